The molecule has 21 heavy (non-hydrogen) atoms. The molecule has 1 heterocycles. The number of benzene rings is 2. The van der Waals surface area contributed by atoms with Gasteiger partial charge in [0.05, 0.1) is 28.0 Å². The summed E-state index contributed by atoms with van der Waals surface area (Å²) < 4.78 is 5.32. The second kappa shape index (κ2) is 5.32. The van der Waals surface area contributed by atoms with Crippen molar-refractivity contribution < 1.29 is 9.53 Å². The molecule has 0 spiro atoms. The number of carbonyl (C=O) groups is 1. The van der Waals surface area contributed by atoms with Crippen molar-refractivity contribution >= 4 is 17.0 Å². The van der Waals surface area contributed by atoms with Gasteiger partial charge in [-0.2, -0.15) is 0 Å². The van der Waals surface area contributed by atoms with Crippen LogP contribution in [-0.4, -0.2) is 15.9 Å². The molecular weight excluding hydrogens is 264 g/mol. The molecule has 0 N–H and O–H groups in total. The van der Waals surface area contributed by atoms with E-state index in [4.69, 9.17) is 4.74 Å². The number of esters is 1. The van der Waals surface area contributed by atoms with Gasteiger partial charge in [0.15, 0.2) is 0 Å². The lowest BCUT2D eigenvalue weighted by Crippen LogP contribution is -2.08. The van der Waals surface area contributed by atoms with Crippen molar-refractivity contribution in [1.82, 2.24) is 9.97 Å². The van der Waals surface area contributed by atoms with Gasteiger partial charge in [0.25, 0.3) is 0 Å². The van der Waals surface area contributed by atoms with Gasteiger partial charge in [-0.05, 0) is 44.2 Å². The second-order valence-electron chi connectivity index (χ2n) is 4.80. The zero-order valence-electron chi connectivity index (χ0n) is 11.8. The van der Waals surface area contributed by atoms with Gasteiger partial charge in [0.1, 0.15) is 5.75 Å². The van der Waals surface area contributed by atoms with E-state index in [1.54, 1.807) is 30.3 Å². The van der Waals surface area contributed by atoms with Crippen LogP contribution < -0.4 is 4.74 Å². The highest BCUT2D eigenvalue weighted by Crippen LogP contribution is 2.17. The van der Waals surface area contributed by atoms with E-state index >= 15 is 0 Å². The van der Waals surface area contributed by atoms with Crippen LogP contribution in [0, 0.1) is 13.8 Å². The van der Waals surface area contributed by atoms with Crippen LogP contribution >= 0.6 is 0 Å². The van der Waals surface area contributed by atoms with Crippen molar-refractivity contribution in [3.63, 3.8) is 0 Å². The zero-order chi connectivity index (χ0) is 14.8. The summed E-state index contributed by atoms with van der Waals surface area (Å²) in [5.74, 6) is 0.122. The molecule has 0 fully saturated rings. The first-order valence-corrected chi connectivity index (χ1v) is 6.66. The minimum absolute atomic E-state index is 0.400. The number of para-hydroxylation sites is 1. The molecule has 3 rings (SSSR count). The van der Waals surface area contributed by atoms with Crippen LogP contribution in [0.5, 0.6) is 5.75 Å². The van der Waals surface area contributed by atoms with Crippen molar-refractivity contribution in [2.75, 3.05) is 0 Å². The average molecular weight is 278 g/mol. The molecule has 0 aliphatic rings. The molecule has 104 valence electrons. The Hall–Kier alpha value is -2.75. The lowest BCUT2D eigenvalue weighted by molar-refractivity contribution is 0.0735. The van der Waals surface area contributed by atoms with Crippen LogP contribution in [0.15, 0.2) is 48.5 Å². The first-order valence-electron chi connectivity index (χ1n) is 6.66. The molecule has 0 bridgehead atoms. The fourth-order valence-corrected chi connectivity index (χ4v) is 2.01. The van der Waals surface area contributed by atoms with E-state index in [1.165, 1.54) is 0 Å². The van der Waals surface area contributed by atoms with Gasteiger partial charge in [-0.25, -0.2) is 14.8 Å². The molecule has 0 aliphatic heterocycles. The van der Waals surface area contributed by atoms with Crippen molar-refractivity contribution in [1.29, 1.82) is 0 Å². The van der Waals surface area contributed by atoms with E-state index in [2.05, 4.69) is 9.97 Å². The van der Waals surface area contributed by atoms with Gasteiger partial charge in [-0.15, -0.1) is 0 Å². The Morgan fingerprint density at radius 2 is 1.57 bits per heavy atom. The van der Waals surface area contributed by atoms with Gasteiger partial charge >= 0.3 is 5.97 Å². The number of fused-ring (bicyclic) bond motifs is 1. The Morgan fingerprint density at radius 3 is 2.29 bits per heavy atom. The molecule has 0 saturated carbocycles. The molecule has 4 heteroatoms. The quantitative estimate of drug-likeness (QED) is 0.532. The van der Waals surface area contributed by atoms with E-state index in [1.807, 2.05) is 32.0 Å². The summed E-state index contributed by atoms with van der Waals surface area (Å²) >= 11 is 0. The van der Waals surface area contributed by atoms with Crippen LogP contribution in [0.4, 0.5) is 0 Å². The Labute approximate surface area is 122 Å². The summed E-state index contributed by atoms with van der Waals surface area (Å²) in [6, 6.07) is 14.2. The maximum absolute atomic E-state index is 12.1. The van der Waals surface area contributed by atoms with Crippen LogP contribution in [-0.2, 0) is 0 Å². The van der Waals surface area contributed by atoms with Gasteiger partial charge in [-0.3, -0.25) is 0 Å². The normalized spacial score (nSPS) is 10.6. The van der Waals surface area contributed by atoms with Gasteiger partial charge in [0, 0.05) is 0 Å². The number of ether oxygens (including phenoxy) is 1. The maximum atomic E-state index is 12.1. The highest BCUT2D eigenvalue weighted by atomic mass is 16.5. The van der Waals surface area contributed by atoms with Crippen LogP contribution in [0.1, 0.15) is 21.7 Å². The van der Waals surface area contributed by atoms with Crippen molar-refractivity contribution in [3.8, 4) is 5.75 Å². The fraction of sp³-hybridized carbons (Fsp3) is 0.118. The van der Waals surface area contributed by atoms with E-state index in [0.29, 0.717) is 16.8 Å². The molecule has 0 aliphatic carbocycles. The summed E-state index contributed by atoms with van der Waals surface area (Å²) in [4.78, 5) is 21.0. The summed E-state index contributed by atoms with van der Waals surface area (Å²) in [5, 5.41) is 0. The first kappa shape index (κ1) is 13.2. The van der Waals surface area contributed by atoms with E-state index in [9.17, 15) is 4.79 Å². The highest BCUT2D eigenvalue weighted by Gasteiger charge is 2.10. The van der Waals surface area contributed by atoms with Crippen LogP contribution in [0.2, 0.25) is 0 Å². The zero-order valence-corrected chi connectivity index (χ0v) is 11.8. The number of hydrogen-bond acceptors (Lipinski definition) is 4. The monoisotopic (exact) mass is 278 g/mol. The molecule has 0 saturated heterocycles. The van der Waals surface area contributed by atoms with Gasteiger partial charge in [-0.1, -0.05) is 18.2 Å². The maximum Gasteiger partial charge on any atom is 0.343 e. The third kappa shape index (κ3) is 2.74. The molecule has 0 unspecified atom stereocenters. The Bertz CT molecular complexity index is 814. The van der Waals surface area contributed by atoms with E-state index < -0.39 is 5.97 Å². The Balaban J connectivity index is 1.93. The number of nitrogens with zero attached hydrogens (tertiary/aromatic N) is 2. The molecule has 0 radical (unpaired) electrons. The number of aromatic nitrogens is 2. The van der Waals surface area contributed by atoms with E-state index in [-0.39, 0.29) is 0 Å². The summed E-state index contributed by atoms with van der Waals surface area (Å²) in [7, 11) is 0. The minimum atomic E-state index is -0.400. The van der Waals surface area contributed by atoms with Crippen molar-refractivity contribution in [3.05, 3.63) is 65.5 Å². The highest BCUT2D eigenvalue weighted by molar-refractivity contribution is 5.94. The van der Waals surface area contributed by atoms with Crippen molar-refractivity contribution in [2.24, 2.45) is 0 Å². The second-order valence-corrected chi connectivity index (χ2v) is 4.80. The first-order chi connectivity index (χ1) is 10.1. The van der Waals surface area contributed by atoms with Gasteiger partial charge in [0.2, 0.25) is 0 Å². The largest absolute Gasteiger partial charge is 0.423 e. The molecule has 1 aromatic heterocycles. The number of rotatable bonds is 2. The van der Waals surface area contributed by atoms with E-state index in [0.717, 1.165) is 16.9 Å². The third-order valence-corrected chi connectivity index (χ3v) is 3.26. The molecule has 4 nitrogen and oxygen atoms in total. The topological polar surface area (TPSA) is 52.1 Å². The van der Waals surface area contributed by atoms with Crippen molar-refractivity contribution in [2.45, 2.75) is 13.8 Å². The molecule has 2 aromatic carbocycles. The van der Waals surface area contributed by atoms with Gasteiger partial charge < -0.3 is 4.74 Å². The molecule has 0 amide bonds. The Morgan fingerprint density at radius 1 is 0.905 bits per heavy atom. The molecule has 0 atom stereocenters. The fourth-order valence-electron chi connectivity index (χ4n) is 2.01. The van der Waals surface area contributed by atoms with Crippen LogP contribution in [0.3, 0.4) is 0 Å². The molecular formula is C17H14N2O2. The Kier molecular flexibility index (Phi) is 3.36. The number of hydrogen-bond donors (Lipinski definition) is 0. The standard InChI is InChI=1S/C17H14N2O2/c1-11-12(2)19-16-10-13(8-9-15(16)18-11)17(20)21-14-6-4-3-5-7-14/h3-10H,1-2H3. The summed E-state index contributed by atoms with van der Waals surface area (Å²) in [5.41, 5.74) is 3.68. The number of carbonyl (C=O) groups excluding carboxylic acids is 1. The summed E-state index contributed by atoms with van der Waals surface area (Å²) in [6.45, 7) is 3.82. The number of aryl methyl sites for hydroxylation is 2. The SMILES string of the molecule is Cc1nc2ccc(C(=O)Oc3ccccc3)cc2nc1C. The molecule has 3 aromatic rings. The minimum Gasteiger partial charge on any atom is -0.423 e. The summed E-state index contributed by atoms with van der Waals surface area (Å²) in [6.07, 6.45) is 0. The third-order valence-electron chi connectivity index (χ3n) is 3.26. The average Bonchev–Trinajstić information content (AvgIpc) is 2.49. The smallest absolute Gasteiger partial charge is 0.343 e. The van der Waals surface area contributed by atoms with Crippen LogP contribution in [0.25, 0.3) is 11.0 Å². The predicted molar refractivity (Wildman–Crippen MR) is 80.4 cm³/mol. The lowest BCUT2D eigenvalue weighted by Gasteiger charge is -2.06. The predicted octanol–water partition coefficient (Wildman–Crippen LogP) is 3.47. The lowest BCUT2D eigenvalue weighted by atomic mass is 10.2.